The Bertz CT molecular complexity index is 4690. The molecule has 0 aliphatic carbocycles. The molecule has 17 bridgehead atoms. The summed E-state index contributed by atoms with van der Waals surface area (Å²) in [6, 6.07) is 4.73. The number of phenolic OH excluding ortho intramolecular Hbond substituents is 6. The third kappa shape index (κ3) is 14.0. The highest BCUT2D eigenvalue weighted by molar-refractivity contribution is 6.32. The van der Waals surface area contributed by atoms with Crippen LogP contribution in [-0.4, -0.2) is 150 Å². The molecule has 14 rings (SSSR count). The van der Waals surface area contributed by atoms with E-state index in [2.05, 4.69) is 47.2 Å². The molecule has 528 valence electrons. The number of rotatable bonds is 6. The summed E-state index contributed by atoms with van der Waals surface area (Å²) in [5.41, 5.74) is 7.18. The van der Waals surface area contributed by atoms with Crippen molar-refractivity contribution in [2.24, 2.45) is 5.11 Å². The van der Waals surface area contributed by atoms with Gasteiger partial charge in [0.05, 0.1) is 23.8 Å². The predicted octanol–water partition coefficient (Wildman–Crippen LogP) is 4.39. The first-order valence-corrected chi connectivity index (χ1v) is 31.5. The minimum atomic E-state index is -2.34. The molecule has 7 aromatic rings. The predicted molar refractivity (Wildman–Crippen MR) is 349 cm³/mol. The topological polar surface area (TPSA) is 507 Å². The molecule has 0 aromatic heterocycles. The first kappa shape index (κ1) is 70.1. The summed E-state index contributed by atoms with van der Waals surface area (Å²) in [5, 5.41) is 123. The molecule has 33 nitrogen and oxygen atoms in total. The van der Waals surface area contributed by atoms with Crippen LogP contribution in [0.25, 0.3) is 21.6 Å². The van der Waals surface area contributed by atoms with Crippen LogP contribution in [0.2, 0.25) is 10.0 Å². The van der Waals surface area contributed by atoms with Gasteiger partial charge in [-0.1, -0.05) is 52.6 Å². The van der Waals surface area contributed by atoms with Crippen molar-refractivity contribution in [2.75, 3.05) is 13.7 Å². The van der Waals surface area contributed by atoms with Gasteiger partial charge < -0.3 is 112 Å². The van der Waals surface area contributed by atoms with Crippen molar-refractivity contribution in [3.05, 3.63) is 175 Å². The van der Waals surface area contributed by atoms with E-state index in [-0.39, 0.29) is 55.8 Å². The third-order valence-corrected chi connectivity index (χ3v) is 17.8. The molecule has 16 N–H and O–H groups in total. The van der Waals surface area contributed by atoms with Crippen LogP contribution < -0.4 is 51.4 Å². The Hall–Kier alpha value is -11.8. The standard InChI is InChI=1S/C67H58Cl2N10O23/c1-24(81)71-54-58(89)57(88)47(23-80)101-67(54)102-59-28-6-10-43(37(69)16-28)100-46-19-30-18-45(56(46)87)99-42-9-3-25(11-36(42)68)12-38-60(90)73-50(29-13-31(82)20-33(14-29)98-44-17-27(5-8-40(44)85)52(78-79-70)64(94)72-38)62(92)75-51(30)63(93)74-49-26-4-7-39(84)34(15-26)48-35(21-32(83)22-41(48)86)53(66(96)97-2)76-65(95)55(59)77-61(49)91/h3-11,13-22,38,47,49-55,57-59,67,80,82-89H,12,23H2,1-2H3,(H,71,81)(H,72,94)(H,73,90)(H,74,93)(H,75,92)(H,76,95)(H,77,91)/t38-,47-,49-,50+,51-,52+,53-,54-,55+,57-,58-,59-,67+/m1/s1. The van der Waals surface area contributed by atoms with Crippen LogP contribution in [0.4, 0.5) is 0 Å². The lowest BCUT2D eigenvalue weighted by atomic mass is 9.89. The summed E-state index contributed by atoms with van der Waals surface area (Å²) >= 11 is 14.1. The van der Waals surface area contributed by atoms with E-state index in [4.69, 9.17) is 51.6 Å². The second kappa shape index (κ2) is 28.4. The molecule has 0 saturated carbocycles. The van der Waals surface area contributed by atoms with Crippen LogP contribution in [0.5, 0.6) is 69.0 Å². The van der Waals surface area contributed by atoms with Crippen molar-refractivity contribution in [3.8, 4) is 80.1 Å². The molecule has 102 heavy (non-hydrogen) atoms. The van der Waals surface area contributed by atoms with E-state index in [1.807, 2.05) is 0 Å². The molecule has 35 heteroatoms. The molecular weight excluding hydrogens is 1380 g/mol. The highest BCUT2D eigenvalue weighted by Crippen LogP contribution is 2.49. The Morgan fingerprint density at radius 2 is 1.22 bits per heavy atom. The van der Waals surface area contributed by atoms with E-state index >= 15 is 24.0 Å². The highest BCUT2D eigenvalue weighted by Gasteiger charge is 2.49. The maximum atomic E-state index is 16.2. The number of benzene rings is 7. The van der Waals surface area contributed by atoms with E-state index < -0.39 is 213 Å². The Balaban J connectivity index is 1.10. The normalized spacial score (nSPS) is 24.7. The van der Waals surface area contributed by atoms with Crippen molar-refractivity contribution in [1.82, 2.24) is 37.2 Å². The monoisotopic (exact) mass is 1440 g/mol. The van der Waals surface area contributed by atoms with Crippen molar-refractivity contribution in [2.45, 2.75) is 92.4 Å². The van der Waals surface area contributed by atoms with Crippen LogP contribution in [0.1, 0.15) is 82.2 Å². The smallest absolute Gasteiger partial charge is 0.333 e. The second-order valence-corrected chi connectivity index (χ2v) is 24.8. The van der Waals surface area contributed by atoms with E-state index in [0.29, 0.717) is 0 Å². The summed E-state index contributed by atoms with van der Waals surface area (Å²) in [7, 11) is 0.915. The Morgan fingerprint density at radius 1 is 0.608 bits per heavy atom. The molecule has 7 heterocycles. The first-order valence-electron chi connectivity index (χ1n) is 30.7. The molecule has 7 aliphatic heterocycles. The number of methoxy groups -OCH3 is 1. The number of nitrogens with one attached hydrogen (secondary N) is 7. The maximum absolute atomic E-state index is 16.2. The number of ether oxygens (including phenoxy) is 6. The molecular formula is C67H58Cl2N10O23. The number of esters is 1. The van der Waals surface area contributed by atoms with Gasteiger partial charge in [0.25, 0.3) is 0 Å². The van der Waals surface area contributed by atoms with Gasteiger partial charge in [-0.25, -0.2) is 4.79 Å². The van der Waals surface area contributed by atoms with Crippen LogP contribution in [0.15, 0.2) is 120 Å². The largest absolute Gasteiger partial charge is 0.508 e. The fraction of sp³-hybridized carbons (Fsp3) is 0.254. The summed E-state index contributed by atoms with van der Waals surface area (Å²) < 4.78 is 36.3. The van der Waals surface area contributed by atoms with E-state index in [9.17, 15) is 65.9 Å². The Morgan fingerprint density at radius 3 is 1.87 bits per heavy atom. The van der Waals surface area contributed by atoms with Gasteiger partial charge in [0.15, 0.2) is 35.3 Å². The maximum Gasteiger partial charge on any atom is 0.333 e. The van der Waals surface area contributed by atoms with Crippen LogP contribution in [0, 0.1) is 0 Å². The number of aliphatic hydroxyl groups is 3. The quantitative estimate of drug-likeness (QED) is 0.0475. The zero-order valence-electron chi connectivity index (χ0n) is 52.7. The lowest BCUT2D eigenvalue weighted by Gasteiger charge is -2.44. The zero-order chi connectivity index (χ0) is 72.9. The molecule has 0 spiro atoms. The van der Waals surface area contributed by atoms with Crippen molar-refractivity contribution in [1.29, 1.82) is 0 Å². The Kier molecular flexibility index (Phi) is 19.5. The average molecular weight is 1440 g/mol. The van der Waals surface area contributed by atoms with Gasteiger partial charge in [0.2, 0.25) is 47.1 Å². The molecule has 0 unspecified atom stereocenters. The molecule has 7 aliphatic rings. The fourth-order valence-corrected chi connectivity index (χ4v) is 12.8. The SMILES string of the molecule is COC(=O)[C@@H]1NC(=O)[C@H]2NC(=O)[C@H](NC(=O)[C@@H]3NC(=O)[C@H]4NC(=O)[C@@H](Cc5ccc(c(Cl)c5)Oc5cc3cc(c5O)Oc3ccc(cc3Cl)[C@H]2O[C@@H]2O[C@H](CO)[C@@H](O)[C@H](O)[C@H]2NC(C)=O)NC(=O)[C@@H](N=[N+]=[N-])c2ccc(O)c(c2)Oc2cc(O)cc4c2)c2ccc(O)c(c2)-c2c(O)cc(O)cc21. The molecule has 1 saturated heterocycles. The lowest BCUT2D eigenvalue weighted by molar-refractivity contribution is -0.284. The third-order valence-electron chi connectivity index (χ3n) is 17.2. The fourth-order valence-electron chi connectivity index (χ4n) is 12.3. The van der Waals surface area contributed by atoms with E-state index in [1.54, 1.807) is 0 Å². The number of hydrogen-bond acceptors (Lipinski definition) is 24. The molecule has 7 aromatic carbocycles. The summed E-state index contributed by atoms with van der Waals surface area (Å²) in [6.45, 7) is 0.0383. The molecule has 0 radical (unpaired) electrons. The van der Waals surface area contributed by atoms with Crippen molar-refractivity contribution < 1.29 is 113 Å². The van der Waals surface area contributed by atoms with Crippen LogP contribution >= 0.6 is 23.2 Å². The summed E-state index contributed by atoms with van der Waals surface area (Å²) in [6.07, 6.45) is -10.2. The van der Waals surface area contributed by atoms with Gasteiger partial charge in [-0.15, -0.1) is 0 Å². The van der Waals surface area contributed by atoms with E-state index in [1.165, 1.54) is 30.3 Å². The molecule has 13 atom stereocenters. The highest BCUT2D eigenvalue weighted by atomic mass is 35.5. The average Bonchev–Trinajstić information content (AvgIpc) is 0.767. The number of carbonyl (C=O) groups excluding carboxylic acids is 8. The van der Waals surface area contributed by atoms with Gasteiger partial charge in [-0.2, -0.15) is 0 Å². The number of carbonyl (C=O) groups is 8. The Labute approximate surface area is 584 Å². The van der Waals surface area contributed by atoms with Gasteiger partial charge >= 0.3 is 5.97 Å². The zero-order valence-corrected chi connectivity index (χ0v) is 54.2. The second-order valence-electron chi connectivity index (χ2n) is 24.0. The number of amides is 7. The number of halogens is 2. The van der Waals surface area contributed by atoms with Gasteiger partial charge in [-0.3, -0.25) is 33.6 Å². The summed E-state index contributed by atoms with van der Waals surface area (Å²) in [5.74, 6) is -16.7. The minimum Gasteiger partial charge on any atom is -0.508 e. The van der Waals surface area contributed by atoms with Crippen molar-refractivity contribution in [3.63, 3.8) is 0 Å². The van der Waals surface area contributed by atoms with Crippen LogP contribution in [-0.2, 0) is 59.0 Å². The number of azide groups is 1. The number of aromatic hydroxyl groups is 6. The number of aliphatic hydroxyl groups excluding tert-OH is 3. The van der Waals surface area contributed by atoms with Gasteiger partial charge in [-0.05, 0) is 118 Å². The van der Waals surface area contributed by atoms with Crippen LogP contribution in [0.3, 0.4) is 0 Å². The molecule has 7 amide bonds. The first-order chi connectivity index (χ1) is 48.7. The number of hydrogen-bond donors (Lipinski definition) is 16. The van der Waals surface area contributed by atoms with Gasteiger partial charge in [0.1, 0.15) is 107 Å². The summed E-state index contributed by atoms with van der Waals surface area (Å²) in [4.78, 5) is 123. The number of phenols is 6. The van der Waals surface area contributed by atoms with E-state index in [0.717, 1.165) is 99.0 Å². The number of nitrogens with zero attached hydrogens (tertiary/aromatic N) is 3. The van der Waals surface area contributed by atoms with Crippen molar-refractivity contribution >= 4 is 70.5 Å². The molecule has 1 fully saturated rings. The lowest BCUT2D eigenvalue weighted by Crippen LogP contribution is -2.65. The van der Waals surface area contributed by atoms with Gasteiger partial charge in [0, 0.05) is 47.1 Å². The minimum absolute atomic E-state index is 0.0497. The number of fused-ring (bicyclic) bond motifs is 14.